The zero-order valence-corrected chi connectivity index (χ0v) is 14.1. The number of likely N-dealkylation sites (N-methyl/N-ethyl adjacent to an activating group) is 1. The standard InChI is InChI=1S/C20H26N2O/c1-3-17-11-13-19(14-12-17)21-20(23)16-22(2)15-7-10-18-8-5-4-6-9-18/h4-6,8-9,11-14H,3,7,10,15-16H2,1-2H3,(H,21,23). The zero-order valence-electron chi connectivity index (χ0n) is 14.1. The summed E-state index contributed by atoms with van der Waals surface area (Å²) in [6, 6.07) is 18.5. The summed E-state index contributed by atoms with van der Waals surface area (Å²) in [5.41, 5.74) is 3.49. The highest BCUT2D eigenvalue weighted by Crippen LogP contribution is 2.10. The van der Waals surface area contributed by atoms with Gasteiger partial charge in [0, 0.05) is 5.69 Å². The second kappa shape index (κ2) is 9.11. The quantitative estimate of drug-likeness (QED) is 0.805. The molecule has 2 aromatic carbocycles. The average Bonchev–Trinajstić information content (AvgIpc) is 2.56. The van der Waals surface area contributed by atoms with Crippen LogP contribution in [-0.2, 0) is 17.6 Å². The van der Waals surface area contributed by atoms with E-state index in [9.17, 15) is 4.79 Å². The van der Waals surface area contributed by atoms with Crippen molar-refractivity contribution in [3.05, 3.63) is 65.7 Å². The Morgan fingerprint density at radius 3 is 2.35 bits per heavy atom. The van der Waals surface area contributed by atoms with E-state index < -0.39 is 0 Å². The van der Waals surface area contributed by atoms with E-state index in [1.54, 1.807) is 0 Å². The van der Waals surface area contributed by atoms with Gasteiger partial charge in [-0.1, -0.05) is 49.4 Å². The molecule has 0 aliphatic rings. The van der Waals surface area contributed by atoms with E-state index in [4.69, 9.17) is 0 Å². The highest BCUT2D eigenvalue weighted by molar-refractivity contribution is 5.92. The number of nitrogens with one attached hydrogen (secondary N) is 1. The monoisotopic (exact) mass is 310 g/mol. The number of nitrogens with zero attached hydrogens (tertiary/aromatic N) is 1. The second-order valence-corrected chi connectivity index (χ2v) is 5.93. The Kier molecular flexibility index (Phi) is 6.82. The largest absolute Gasteiger partial charge is 0.325 e. The van der Waals surface area contributed by atoms with Crippen LogP contribution in [-0.4, -0.2) is 30.9 Å². The predicted octanol–water partition coefficient (Wildman–Crippen LogP) is 3.75. The highest BCUT2D eigenvalue weighted by Gasteiger charge is 2.07. The van der Waals surface area contributed by atoms with Gasteiger partial charge >= 0.3 is 0 Å². The SMILES string of the molecule is CCc1ccc(NC(=O)CN(C)CCCc2ccccc2)cc1. The summed E-state index contributed by atoms with van der Waals surface area (Å²) in [5, 5.41) is 2.95. The molecular formula is C20H26N2O. The third-order valence-corrected chi connectivity index (χ3v) is 3.91. The van der Waals surface area contributed by atoms with Crippen molar-refractivity contribution < 1.29 is 4.79 Å². The summed E-state index contributed by atoms with van der Waals surface area (Å²) < 4.78 is 0. The second-order valence-electron chi connectivity index (χ2n) is 5.93. The number of benzene rings is 2. The molecule has 0 atom stereocenters. The van der Waals surface area contributed by atoms with E-state index in [0.29, 0.717) is 6.54 Å². The van der Waals surface area contributed by atoms with Gasteiger partial charge in [0.25, 0.3) is 0 Å². The minimum Gasteiger partial charge on any atom is -0.325 e. The molecule has 0 saturated carbocycles. The van der Waals surface area contributed by atoms with E-state index >= 15 is 0 Å². The van der Waals surface area contributed by atoms with Crippen LogP contribution in [0.25, 0.3) is 0 Å². The maximum Gasteiger partial charge on any atom is 0.238 e. The average molecular weight is 310 g/mol. The molecule has 23 heavy (non-hydrogen) atoms. The van der Waals surface area contributed by atoms with Gasteiger partial charge in [0.15, 0.2) is 0 Å². The number of rotatable bonds is 8. The van der Waals surface area contributed by atoms with Crippen molar-refractivity contribution in [1.82, 2.24) is 4.90 Å². The smallest absolute Gasteiger partial charge is 0.238 e. The van der Waals surface area contributed by atoms with Gasteiger partial charge in [0.1, 0.15) is 0 Å². The van der Waals surface area contributed by atoms with E-state index in [1.165, 1.54) is 11.1 Å². The van der Waals surface area contributed by atoms with Crippen LogP contribution in [0.2, 0.25) is 0 Å². The lowest BCUT2D eigenvalue weighted by molar-refractivity contribution is -0.117. The van der Waals surface area contributed by atoms with Crippen molar-refractivity contribution in [2.24, 2.45) is 0 Å². The minimum absolute atomic E-state index is 0.0384. The molecule has 1 amide bonds. The highest BCUT2D eigenvalue weighted by atomic mass is 16.2. The van der Waals surface area contributed by atoms with E-state index in [2.05, 4.69) is 53.5 Å². The van der Waals surface area contributed by atoms with Gasteiger partial charge in [0.05, 0.1) is 6.54 Å². The summed E-state index contributed by atoms with van der Waals surface area (Å²) >= 11 is 0. The maximum atomic E-state index is 12.1. The van der Waals surface area contributed by atoms with Crippen molar-refractivity contribution in [3.63, 3.8) is 0 Å². The van der Waals surface area contributed by atoms with E-state index in [0.717, 1.165) is 31.5 Å². The summed E-state index contributed by atoms with van der Waals surface area (Å²) in [6.07, 6.45) is 3.11. The van der Waals surface area contributed by atoms with Gasteiger partial charge in [-0.25, -0.2) is 0 Å². The molecule has 0 fully saturated rings. The molecule has 1 N–H and O–H groups in total. The first-order valence-electron chi connectivity index (χ1n) is 8.28. The summed E-state index contributed by atoms with van der Waals surface area (Å²) in [7, 11) is 1.99. The molecule has 122 valence electrons. The number of anilines is 1. The Morgan fingerprint density at radius 2 is 1.70 bits per heavy atom. The van der Waals surface area contributed by atoms with Crippen LogP contribution in [0.4, 0.5) is 5.69 Å². The summed E-state index contributed by atoms with van der Waals surface area (Å²) in [6.45, 7) is 3.46. The predicted molar refractivity (Wildman–Crippen MR) is 96.7 cm³/mol. The molecule has 2 rings (SSSR count). The third kappa shape index (κ3) is 6.25. The third-order valence-electron chi connectivity index (χ3n) is 3.91. The first kappa shape index (κ1) is 17.2. The normalized spacial score (nSPS) is 10.7. The topological polar surface area (TPSA) is 32.3 Å². The Morgan fingerprint density at radius 1 is 1.00 bits per heavy atom. The van der Waals surface area contributed by atoms with E-state index in [1.807, 2.05) is 25.2 Å². The molecule has 0 bridgehead atoms. The molecule has 0 aliphatic carbocycles. The van der Waals surface area contributed by atoms with Crippen molar-refractivity contribution >= 4 is 11.6 Å². The number of carbonyl (C=O) groups excluding carboxylic acids is 1. The lowest BCUT2D eigenvalue weighted by atomic mass is 10.1. The molecule has 0 saturated heterocycles. The fourth-order valence-electron chi connectivity index (χ4n) is 2.55. The number of carbonyl (C=O) groups is 1. The molecule has 3 nitrogen and oxygen atoms in total. The van der Waals surface area contributed by atoms with Crippen LogP contribution in [0.15, 0.2) is 54.6 Å². The Balaban J connectivity index is 1.69. The lowest BCUT2D eigenvalue weighted by Gasteiger charge is -2.16. The van der Waals surface area contributed by atoms with Crippen LogP contribution in [0.5, 0.6) is 0 Å². The van der Waals surface area contributed by atoms with Crippen molar-refractivity contribution in [2.45, 2.75) is 26.2 Å². The zero-order chi connectivity index (χ0) is 16.5. The Bertz CT molecular complexity index is 593. The van der Waals surface area contributed by atoms with E-state index in [-0.39, 0.29) is 5.91 Å². The molecule has 0 heterocycles. The van der Waals surface area contributed by atoms with Gasteiger partial charge in [-0.2, -0.15) is 0 Å². The fraction of sp³-hybridized carbons (Fsp3) is 0.350. The minimum atomic E-state index is 0.0384. The fourth-order valence-corrected chi connectivity index (χ4v) is 2.55. The molecule has 3 heteroatoms. The van der Waals surface area contributed by atoms with Crippen molar-refractivity contribution in [2.75, 3.05) is 25.5 Å². The first-order valence-corrected chi connectivity index (χ1v) is 8.28. The number of hydrogen-bond acceptors (Lipinski definition) is 2. The van der Waals surface area contributed by atoms with Gasteiger partial charge in [-0.3, -0.25) is 9.69 Å². The van der Waals surface area contributed by atoms with Gasteiger partial charge in [0.2, 0.25) is 5.91 Å². The molecule has 0 radical (unpaired) electrons. The van der Waals surface area contributed by atoms with Crippen LogP contribution in [0, 0.1) is 0 Å². The first-order chi connectivity index (χ1) is 11.2. The Hall–Kier alpha value is -2.13. The van der Waals surface area contributed by atoms with Gasteiger partial charge in [-0.05, 0) is 56.1 Å². The van der Waals surface area contributed by atoms with Gasteiger partial charge in [-0.15, -0.1) is 0 Å². The Labute approximate surface area is 139 Å². The molecule has 0 unspecified atom stereocenters. The number of amides is 1. The summed E-state index contributed by atoms with van der Waals surface area (Å²) in [4.78, 5) is 14.1. The van der Waals surface area contributed by atoms with Gasteiger partial charge < -0.3 is 5.32 Å². The van der Waals surface area contributed by atoms with Crippen LogP contribution < -0.4 is 5.32 Å². The number of aryl methyl sites for hydroxylation is 2. The number of hydrogen-bond donors (Lipinski definition) is 1. The van der Waals surface area contributed by atoms with Crippen LogP contribution in [0.1, 0.15) is 24.5 Å². The van der Waals surface area contributed by atoms with Crippen LogP contribution in [0.3, 0.4) is 0 Å². The molecular weight excluding hydrogens is 284 g/mol. The van der Waals surface area contributed by atoms with Crippen molar-refractivity contribution in [3.8, 4) is 0 Å². The summed E-state index contributed by atoms with van der Waals surface area (Å²) in [5.74, 6) is 0.0384. The molecule has 0 aliphatic heterocycles. The van der Waals surface area contributed by atoms with Crippen LogP contribution >= 0.6 is 0 Å². The molecule has 0 spiro atoms. The molecule has 0 aromatic heterocycles. The lowest BCUT2D eigenvalue weighted by Crippen LogP contribution is -2.31. The maximum absolute atomic E-state index is 12.1. The molecule has 2 aromatic rings. The van der Waals surface area contributed by atoms with Crippen molar-refractivity contribution in [1.29, 1.82) is 0 Å².